The molecule has 17 heavy (non-hydrogen) atoms. The van der Waals surface area contributed by atoms with Crippen molar-refractivity contribution >= 4 is 14.2 Å². The summed E-state index contributed by atoms with van der Waals surface area (Å²) in [5, 5.41) is 2.38. The van der Waals surface area contributed by atoms with Crippen molar-refractivity contribution in [1.29, 1.82) is 0 Å². The van der Waals surface area contributed by atoms with Gasteiger partial charge in [0.1, 0.15) is 5.82 Å². The van der Waals surface area contributed by atoms with Gasteiger partial charge in [-0.05, 0) is 17.7 Å². The Balaban J connectivity index is 2.67. The molecule has 2 N–H and O–H groups in total. The lowest BCUT2D eigenvalue weighted by Gasteiger charge is -2.11. The molecule has 1 aromatic carbocycles. The number of hydrogen-bond acceptors (Lipinski definition) is 3. The lowest BCUT2D eigenvalue weighted by atomic mass is 10.1. The molecule has 92 valence electrons. The summed E-state index contributed by atoms with van der Waals surface area (Å²) in [5.41, 5.74) is 0.682. The maximum absolute atomic E-state index is 12.7. The summed E-state index contributed by atoms with van der Waals surface area (Å²) >= 11 is 0. The van der Waals surface area contributed by atoms with E-state index in [-0.39, 0.29) is 18.1 Å². The average molecular weight is 260 g/mol. The molecule has 0 saturated heterocycles. The van der Waals surface area contributed by atoms with E-state index >= 15 is 0 Å². The fourth-order valence-electron chi connectivity index (χ4n) is 1.28. The molecule has 0 spiro atoms. The molecule has 0 saturated carbocycles. The fraction of sp³-hybridized carbons (Fsp3) is 0.300. The number of amides is 1. The SMILES string of the molecule is CC(=O)NC(Cc1ccc(F)cc1)O[P+](=O)O. The Bertz CT molecular complexity index is 393. The van der Waals surface area contributed by atoms with E-state index in [1.165, 1.54) is 31.2 Å². The van der Waals surface area contributed by atoms with Gasteiger partial charge in [-0.15, -0.1) is 4.89 Å². The summed E-state index contributed by atoms with van der Waals surface area (Å²) in [5.74, 6) is -0.757. The van der Waals surface area contributed by atoms with Crippen LogP contribution in [0.25, 0.3) is 0 Å². The smallest absolute Gasteiger partial charge is 0.327 e. The molecule has 0 aliphatic carbocycles. The normalized spacial score (nSPS) is 13.0. The minimum atomic E-state index is -2.81. The highest BCUT2D eigenvalue weighted by Gasteiger charge is 2.23. The minimum Gasteiger partial charge on any atom is -0.327 e. The van der Waals surface area contributed by atoms with Gasteiger partial charge in [0, 0.05) is 17.9 Å². The summed E-state index contributed by atoms with van der Waals surface area (Å²) in [7, 11) is -2.81. The van der Waals surface area contributed by atoms with E-state index in [1.807, 2.05) is 0 Å². The maximum atomic E-state index is 12.7. The van der Waals surface area contributed by atoms with Crippen LogP contribution >= 0.6 is 8.25 Å². The zero-order chi connectivity index (χ0) is 12.8. The van der Waals surface area contributed by atoms with Crippen molar-refractivity contribution in [3.63, 3.8) is 0 Å². The van der Waals surface area contributed by atoms with Gasteiger partial charge in [0.2, 0.25) is 5.91 Å². The van der Waals surface area contributed by atoms with E-state index in [1.54, 1.807) is 0 Å². The van der Waals surface area contributed by atoms with Crippen molar-refractivity contribution in [2.45, 2.75) is 19.6 Å². The van der Waals surface area contributed by atoms with Gasteiger partial charge < -0.3 is 5.32 Å². The highest BCUT2D eigenvalue weighted by Crippen LogP contribution is 2.19. The molecule has 0 radical (unpaired) electrons. The number of benzene rings is 1. The van der Waals surface area contributed by atoms with Gasteiger partial charge >= 0.3 is 8.25 Å². The quantitative estimate of drug-likeness (QED) is 0.621. The van der Waals surface area contributed by atoms with Crippen LogP contribution in [0.4, 0.5) is 4.39 Å². The lowest BCUT2D eigenvalue weighted by Crippen LogP contribution is -2.35. The molecule has 0 fully saturated rings. The molecule has 1 rings (SSSR count). The lowest BCUT2D eigenvalue weighted by molar-refractivity contribution is -0.121. The molecule has 0 aromatic heterocycles. The molecule has 0 aliphatic rings. The first-order valence-electron chi connectivity index (χ1n) is 4.82. The van der Waals surface area contributed by atoms with Gasteiger partial charge in [0.15, 0.2) is 6.23 Å². The van der Waals surface area contributed by atoms with Crippen LogP contribution in [0.5, 0.6) is 0 Å². The highest BCUT2D eigenvalue weighted by molar-refractivity contribution is 7.32. The van der Waals surface area contributed by atoms with E-state index in [9.17, 15) is 13.8 Å². The monoisotopic (exact) mass is 260 g/mol. The van der Waals surface area contributed by atoms with Crippen molar-refractivity contribution in [3.05, 3.63) is 35.6 Å². The fourth-order valence-corrected chi connectivity index (χ4v) is 1.63. The first-order valence-corrected chi connectivity index (χ1v) is 5.95. The van der Waals surface area contributed by atoms with Crippen molar-refractivity contribution in [3.8, 4) is 0 Å². The standard InChI is InChI=1S/C10H11FNO4P/c1-7(13)12-10(16-17(14)15)6-8-2-4-9(11)5-3-8/h2-5,10H,6H2,1H3,(H-,12,13,14,15)/p+1. The first kappa shape index (κ1) is 13.7. The Kier molecular flexibility index (Phi) is 5.15. The van der Waals surface area contributed by atoms with Crippen molar-refractivity contribution < 1.29 is 23.2 Å². The Morgan fingerprint density at radius 2 is 2.12 bits per heavy atom. The zero-order valence-corrected chi connectivity index (χ0v) is 9.99. The number of rotatable bonds is 5. The summed E-state index contributed by atoms with van der Waals surface area (Å²) in [4.78, 5) is 19.5. The third kappa shape index (κ3) is 5.49. The van der Waals surface area contributed by atoms with Gasteiger partial charge in [-0.2, -0.15) is 0 Å². The molecule has 0 bridgehead atoms. The van der Waals surface area contributed by atoms with Crippen LogP contribution in [0, 0.1) is 5.82 Å². The van der Waals surface area contributed by atoms with Gasteiger partial charge in [-0.3, -0.25) is 4.79 Å². The van der Waals surface area contributed by atoms with Gasteiger partial charge in [-0.1, -0.05) is 16.7 Å². The van der Waals surface area contributed by atoms with Crippen LogP contribution in [0.3, 0.4) is 0 Å². The van der Waals surface area contributed by atoms with E-state index in [0.717, 1.165) is 0 Å². The second kappa shape index (κ2) is 6.39. The minimum absolute atomic E-state index is 0.182. The van der Waals surface area contributed by atoms with E-state index < -0.39 is 14.5 Å². The predicted octanol–water partition coefficient (Wildman–Crippen LogP) is 1.50. The van der Waals surface area contributed by atoms with Crippen LogP contribution in [-0.2, 0) is 20.3 Å². The van der Waals surface area contributed by atoms with Crippen molar-refractivity contribution in [2.24, 2.45) is 0 Å². The average Bonchev–Trinajstić information content (AvgIpc) is 2.19. The number of carbonyl (C=O) groups excluding carboxylic acids is 1. The highest BCUT2D eigenvalue weighted by atomic mass is 31.1. The largest absolute Gasteiger partial charge is 0.696 e. The number of nitrogens with one attached hydrogen (secondary N) is 1. The van der Waals surface area contributed by atoms with E-state index in [2.05, 4.69) is 9.84 Å². The maximum Gasteiger partial charge on any atom is 0.696 e. The Morgan fingerprint density at radius 1 is 1.53 bits per heavy atom. The van der Waals surface area contributed by atoms with Crippen molar-refractivity contribution in [1.82, 2.24) is 5.32 Å². The molecule has 1 amide bonds. The van der Waals surface area contributed by atoms with Crippen LogP contribution in [-0.4, -0.2) is 17.0 Å². The summed E-state index contributed by atoms with van der Waals surface area (Å²) < 4.78 is 27.8. The summed E-state index contributed by atoms with van der Waals surface area (Å²) in [6.45, 7) is 1.27. The third-order valence-corrected chi connectivity index (χ3v) is 2.35. The van der Waals surface area contributed by atoms with Gasteiger partial charge in [-0.25, -0.2) is 4.39 Å². The van der Waals surface area contributed by atoms with Gasteiger partial charge in [0.25, 0.3) is 0 Å². The number of hydrogen-bond donors (Lipinski definition) is 2. The number of halogens is 1. The molecule has 1 aromatic rings. The van der Waals surface area contributed by atoms with Crippen LogP contribution in [0.1, 0.15) is 12.5 Å². The van der Waals surface area contributed by atoms with Crippen molar-refractivity contribution in [2.75, 3.05) is 0 Å². The molecule has 0 aliphatic heterocycles. The summed E-state index contributed by atoms with van der Waals surface area (Å²) in [6.07, 6.45) is -0.729. The zero-order valence-electron chi connectivity index (χ0n) is 9.09. The Labute approximate surface area is 98.6 Å². The molecule has 7 heteroatoms. The molecule has 0 heterocycles. The molecular formula is C10H12FNO4P+. The van der Waals surface area contributed by atoms with Crippen LogP contribution in [0.15, 0.2) is 24.3 Å². The second-order valence-electron chi connectivity index (χ2n) is 3.36. The van der Waals surface area contributed by atoms with Crippen LogP contribution < -0.4 is 5.32 Å². The third-order valence-electron chi connectivity index (χ3n) is 1.92. The Hall–Kier alpha value is -1.36. The summed E-state index contributed by atoms with van der Waals surface area (Å²) in [6, 6.07) is 5.55. The molecule has 5 nitrogen and oxygen atoms in total. The molecule has 2 atom stereocenters. The molecular weight excluding hydrogens is 248 g/mol. The topological polar surface area (TPSA) is 75.6 Å². The number of carbonyl (C=O) groups is 1. The van der Waals surface area contributed by atoms with Crippen LogP contribution in [0.2, 0.25) is 0 Å². The predicted molar refractivity (Wildman–Crippen MR) is 58.6 cm³/mol. The molecule has 2 unspecified atom stereocenters. The van der Waals surface area contributed by atoms with E-state index in [0.29, 0.717) is 5.56 Å². The van der Waals surface area contributed by atoms with Gasteiger partial charge in [0.05, 0.1) is 0 Å². The first-order chi connectivity index (χ1) is 7.97. The second-order valence-corrected chi connectivity index (χ2v) is 4.05. The Morgan fingerprint density at radius 3 is 2.59 bits per heavy atom. The van der Waals surface area contributed by atoms with E-state index in [4.69, 9.17) is 4.89 Å².